The van der Waals surface area contributed by atoms with Crippen molar-refractivity contribution in [3.05, 3.63) is 83.5 Å². The molecule has 0 bridgehead atoms. The van der Waals surface area contributed by atoms with Gasteiger partial charge in [0.25, 0.3) is 5.91 Å². The van der Waals surface area contributed by atoms with Crippen molar-refractivity contribution in [3.8, 4) is 0 Å². The highest BCUT2D eigenvalue weighted by atomic mass is 19.2. The van der Waals surface area contributed by atoms with Crippen LogP contribution in [0.4, 0.5) is 14.5 Å². The quantitative estimate of drug-likeness (QED) is 0.718. The molecule has 2 aromatic rings. The maximum Gasteiger partial charge on any atom is 0.253 e. The van der Waals surface area contributed by atoms with E-state index in [-0.39, 0.29) is 11.8 Å². The number of hydrogen-bond donors (Lipinski definition) is 0. The second-order valence-corrected chi connectivity index (χ2v) is 6.92. The standard InChI is InChI=1S/C23H22F2N2O2/c1-3-22(28)26(2)19-7-5-18(6-8-19)23(29)27-12-10-16(11-13-27)14-17-4-9-20(24)21(25)15-17/h3-9,14-15H,1,10-13H2,2H3. The van der Waals surface area contributed by atoms with Crippen molar-refractivity contribution in [1.82, 2.24) is 4.90 Å². The van der Waals surface area contributed by atoms with E-state index in [0.29, 0.717) is 42.7 Å². The van der Waals surface area contributed by atoms with E-state index in [1.165, 1.54) is 17.0 Å². The zero-order valence-corrected chi connectivity index (χ0v) is 16.2. The Labute approximate surface area is 168 Å². The topological polar surface area (TPSA) is 40.6 Å². The predicted octanol–water partition coefficient (Wildman–Crippen LogP) is 4.43. The van der Waals surface area contributed by atoms with Gasteiger partial charge in [-0.3, -0.25) is 9.59 Å². The summed E-state index contributed by atoms with van der Waals surface area (Å²) >= 11 is 0. The van der Waals surface area contributed by atoms with Crippen molar-refractivity contribution >= 4 is 23.6 Å². The van der Waals surface area contributed by atoms with Gasteiger partial charge in [-0.1, -0.05) is 24.3 Å². The first-order chi connectivity index (χ1) is 13.9. The van der Waals surface area contributed by atoms with Crippen molar-refractivity contribution in [2.45, 2.75) is 12.8 Å². The number of carbonyl (C=O) groups excluding carboxylic acids is 2. The summed E-state index contributed by atoms with van der Waals surface area (Å²) < 4.78 is 26.4. The molecule has 150 valence electrons. The molecular weight excluding hydrogens is 374 g/mol. The summed E-state index contributed by atoms with van der Waals surface area (Å²) in [5.41, 5.74) is 2.95. The van der Waals surface area contributed by atoms with Gasteiger partial charge in [0.1, 0.15) is 0 Å². The van der Waals surface area contributed by atoms with Gasteiger partial charge in [-0.05, 0) is 60.9 Å². The van der Waals surface area contributed by atoms with E-state index in [4.69, 9.17) is 0 Å². The minimum atomic E-state index is -0.865. The molecule has 1 fully saturated rings. The van der Waals surface area contributed by atoms with Gasteiger partial charge in [0.2, 0.25) is 5.91 Å². The number of hydrogen-bond acceptors (Lipinski definition) is 2. The third kappa shape index (κ3) is 4.77. The number of likely N-dealkylation sites (tertiary alicyclic amines) is 1. The molecule has 1 saturated heterocycles. The average Bonchev–Trinajstić information content (AvgIpc) is 2.75. The normalized spacial score (nSPS) is 13.8. The molecule has 2 aromatic carbocycles. The van der Waals surface area contributed by atoms with Crippen LogP contribution in [0.1, 0.15) is 28.8 Å². The summed E-state index contributed by atoms with van der Waals surface area (Å²) in [5.74, 6) is -2.02. The van der Waals surface area contributed by atoms with Gasteiger partial charge in [-0.25, -0.2) is 8.78 Å². The van der Waals surface area contributed by atoms with Crippen LogP contribution >= 0.6 is 0 Å². The lowest BCUT2D eigenvalue weighted by Gasteiger charge is -2.29. The van der Waals surface area contributed by atoms with E-state index in [0.717, 1.165) is 11.6 Å². The van der Waals surface area contributed by atoms with E-state index >= 15 is 0 Å². The molecule has 0 unspecified atom stereocenters. The van der Waals surface area contributed by atoms with Crippen molar-refractivity contribution < 1.29 is 18.4 Å². The van der Waals surface area contributed by atoms with E-state index in [1.807, 2.05) is 6.08 Å². The van der Waals surface area contributed by atoms with E-state index in [2.05, 4.69) is 6.58 Å². The first-order valence-corrected chi connectivity index (χ1v) is 9.33. The van der Waals surface area contributed by atoms with Gasteiger partial charge < -0.3 is 9.80 Å². The van der Waals surface area contributed by atoms with Gasteiger partial charge in [-0.15, -0.1) is 0 Å². The maximum absolute atomic E-state index is 13.3. The first kappa shape index (κ1) is 20.5. The van der Waals surface area contributed by atoms with Gasteiger partial charge >= 0.3 is 0 Å². The van der Waals surface area contributed by atoms with Crippen molar-refractivity contribution in [1.29, 1.82) is 0 Å². The zero-order valence-electron chi connectivity index (χ0n) is 16.2. The molecule has 0 saturated carbocycles. The monoisotopic (exact) mass is 396 g/mol. The summed E-state index contributed by atoms with van der Waals surface area (Å²) in [7, 11) is 1.65. The van der Waals surface area contributed by atoms with Crippen LogP contribution in [0.5, 0.6) is 0 Å². The van der Waals surface area contributed by atoms with E-state index < -0.39 is 11.6 Å². The number of nitrogens with zero attached hydrogens (tertiary/aromatic N) is 2. The van der Waals surface area contributed by atoms with Crippen LogP contribution < -0.4 is 4.90 Å². The van der Waals surface area contributed by atoms with Crippen LogP contribution in [0, 0.1) is 11.6 Å². The van der Waals surface area contributed by atoms with Crippen LogP contribution in [0.15, 0.2) is 60.7 Å². The Morgan fingerprint density at radius 1 is 1.03 bits per heavy atom. The molecule has 0 atom stereocenters. The lowest BCUT2D eigenvalue weighted by Crippen LogP contribution is -2.36. The number of likely N-dealkylation sites (N-methyl/N-ethyl adjacent to an activating group) is 1. The Kier molecular flexibility index (Phi) is 6.22. The van der Waals surface area contributed by atoms with Gasteiger partial charge in [0, 0.05) is 31.4 Å². The van der Waals surface area contributed by atoms with E-state index in [9.17, 15) is 18.4 Å². The molecule has 6 heteroatoms. The molecule has 2 amide bonds. The number of anilines is 1. The highest BCUT2D eigenvalue weighted by Gasteiger charge is 2.20. The lowest BCUT2D eigenvalue weighted by molar-refractivity contribution is -0.113. The predicted molar refractivity (Wildman–Crippen MR) is 110 cm³/mol. The third-order valence-corrected chi connectivity index (χ3v) is 5.01. The fraction of sp³-hybridized carbons (Fsp3) is 0.217. The highest BCUT2D eigenvalue weighted by molar-refractivity contribution is 6.01. The third-order valence-electron chi connectivity index (χ3n) is 5.01. The SMILES string of the molecule is C=CC(=O)N(C)c1ccc(C(=O)N2CCC(=Cc3ccc(F)c(F)c3)CC2)cc1. The zero-order chi connectivity index (χ0) is 21.0. The van der Waals surface area contributed by atoms with Crippen molar-refractivity contribution in [2.75, 3.05) is 25.0 Å². The van der Waals surface area contributed by atoms with Crippen LogP contribution in [0.25, 0.3) is 6.08 Å². The molecule has 0 N–H and O–H groups in total. The highest BCUT2D eigenvalue weighted by Crippen LogP contribution is 2.22. The van der Waals surface area contributed by atoms with Gasteiger partial charge in [0.05, 0.1) is 0 Å². The number of amides is 2. The number of benzene rings is 2. The second kappa shape index (κ2) is 8.82. The fourth-order valence-electron chi connectivity index (χ4n) is 3.25. The maximum atomic E-state index is 13.3. The minimum absolute atomic E-state index is 0.0684. The smallest absolute Gasteiger partial charge is 0.253 e. The summed E-state index contributed by atoms with van der Waals surface area (Å²) in [5, 5.41) is 0. The fourth-order valence-corrected chi connectivity index (χ4v) is 3.25. The molecule has 0 aliphatic carbocycles. The Bertz CT molecular complexity index is 957. The second-order valence-electron chi connectivity index (χ2n) is 6.92. The molecule has 29 heavy (non-hydrogen) atoms. The number of rotatable bonds is 4. The van der Waals surface area contributed by atoms with E-state index in [1.54, 1.807) is 42.3 Å². The molecule has 4 nitrogen and oxygen atoms in total. The minimum Gasteiger partial charge on any atom is -0.338 e. The summed E-state index contributed by atoms with van der Waals surface area (Å²) in [6.45, 7) is 4.58. The Hall–Kier alpha value is -3.28. The number of piperidine rings is 1. The van der Waals surface area contributed by atoms with Crippen molar-refractivity contribution in [2.24, 2.45) is 0 Å². The van der Waals surface area contributed by atoms with Gasteiger partial charge in [0.15, 0.2) is 11.6 Å². The Morgan fingerprint density at radius 3 is 2.28 bits per heavy atom. The first-order valence-electron chi connectivity index (χ1n) is 9.33. The van der Waals surface area contributed by atoms with Crippen LogP contribution in [0.2, 0.25) is 0 Å². The summed E-state index contributed by atoms with van der Waals surface area (Å²) in [4.78, 5) is 27.6. The Balaban J connectivity index is 1.62. The summed E-state index contributed by atoms with van der Waals surface area (Å²) in [6, 6.07) is 10.7. The molecular formula is C23H22F2N2O2. The van der Waals surface area contributed by atoms with Gasteiger partial charge in [-0.2, -0.15) is 0 Å². The molecule has 1 aliphatic rings. The van der Waals surface area contributed by atoms with Crippen molar-refractivity contribution in [3.63, 3.8) is 0 Å². The molecule has 0 radical (unpaired) electrons. The molecule has 1 heterocycles. The molecule has 1 aliphatic heterocycles. The van der Waals surface area contributed by atoms with Crippen LogP contribution in [-0.4, -0.2) is 36.9 Å². The number of carbonyl (C=O) groups is 2. The molecule has 3 rings (SSSR count). The Morgan fingerprint density at radius 2 is 1.69 bits per heavy atom. The molecule has 0 aromatic heterocycles. The summed E-state index contributed by atoms with van der Waals surface area (Å²) in [6.07, 6.45) is 4.45. The molecule has 0 spiro atoms. The largest absolute Gasteiger partial charge is 0.338 e. The number of halogens is 2. The lowest BCUT2D eigenvalue weighted by atomic mass is 10.00. The average molecular weight is 396 g/mol. The van der Waals surface area contributed by atoms with Crippen LogP contribution in [0.3, 0.4) is 0 Å². The van der Waals surface area contributed by atoms with Crippen LogP contribution in [-0.2, 0) is 4.79 Å².